The molecule has 2 N–H and O–H groups in total. The van der Waals surface area contributed by atoms with Crippen LogP contribution >= 0.6 is 35.0 Å². The van der Waals surface area contributed by atoms with Crippen molar-refractivity contribution in [3.63, 3.8) is 0 Å². The van der Waals surface area contributed by atoms with Crippen molar-refractivity contribution < 1.29 is 18.0 Å². The van der Waals surface area contributed by atoms with Crippen molar-refractivity contribution in [1.82, 2.24) is 10.9 Å². The lowest BCUT2D eigenvalue weighted by atomic mass is 10.1. The summed E-state index contributed by atoms with van der Waals surface area (Å²) < 4.78 is 22.7. The van der Waals surface area contributed by atoms with Gasteiger partial charge in [0.05, 0.1) is 27.3 Å². The molecule has 0 radical (unpaired) electrons. The highest BCUT2D eigenvalue weighted by atomic mass is 35.5. The van der Waals surface area contributed by atoms with E-state index in [0.29, 0.717) is 21.4 Å². The number of rotatable bonds is 5. The minimum Gasteiger partial charge on any atom is -0.273 e. The molecule has 1 fully saturated rings. The Bertz CT molecular complexity index is 720. The van der Waals surface area contributed by atoms with Crippen molar-refractivity contribution in [2.24, 2.45) is 5.92 Å². The molecule has 1 aromatic rings. The zero-order valence-corrected chi connectivity index (χ0v) is 15.7. The summed E-state index contributed by atoms with van der Waals surface area (Å²) in [6, 6.07) is 5.05. The first-order valence-corrected chi connectivity index (χ1v) is 10.7. The molecule has 1 aliphatic heterocycles. The third-order valence-electron chi connectivity index (χ3n) is 3.41. The molecule has 0 aliphatic carbocycles. The lowest BCUT2D eigenvalue weighted by Crippen LogP contribution is -2.43. The lowest BCUT2D eigenvalue weighted by Gasteiger charge is -2.10. The van der Waals surface area contributed by atoms with Gasteiger partial charge in [0.25, 0.3) is 0 Å². The Balaban J connectivity index is 1.72. The fourth-order valence-electron chi connectivity index (χ4n) is 2.28. The summed E-state index contributed by atoms with van der Waals surface area (Å²) in [6.07, 6.45) is 0.549. The van der Waals surface area contributed by atoms with Gasteiger partial charge >= 0.3 is 0 Å². The Morgan fingerprint density at radius 2 is 1.79 bits per heavy atom. The molecular formula is C14H16Cl2N2O4S2. The van der Waals surface area contributed by atoms with Crippen molar-refractivity contribution in [1.29, 1.82) is 0 Å². The molecule has 0 unspecified atom stereocenters. The summed E-state index contributed by atoms with van der Waals surface area (Å²) in [7, 11) is -3.02. The SMILES string of the molecule is O=C(CSc1c(Cl)cccc1Cl)NNC(=O)C[C@@H]1CCS(=O)(=O)C1. The zero-order chi connectivity index (χ0) is 17.7. The van der Waals surface area contributed by atoms with Crippen molar-refractivity contribution >= 4 is 56.6 Å². The summed E-state index contributed by atoms with van der Waals surface area (Å²) in [4.78, 5) is 24.1. The molecule has 0 aromatic heterocycles. The van der Waals surface area contributed by atoms with Crippen LogP contribution in [-0.2, 0) is 19.4 Å². The third-order valence-corrected chi connectivity index (χ3v) is 7.23. The molecule has 1 aliphatic rings. The maximum atomic E-state index is 11.8. The monoisotopic (exact) mass is 410 g/mol. The van der Waals surface area contributed by atoms with Crippen LogP contribution in [0, 0.1) is 5.92 Å². The van der Waals surface area contributed by atoms with Gasteiger partial charge in [-0.2, -0.15) is 0 Å². The lowest BCUT2D eigenvalue weighted by molar-refractivity contribution is -0.128. The maximum absolute atomic E-state index is 11.8. The molecule has 1 saturated heterocycles. The van der Waals surface area contributed by atoms with Gasteiger partial charge in [-0.15, -0.1) is 11.8 Å². The van der Waals surface area contributed by atoms with Crippen LogP contribution in [0.4, 0.5) is 0 Å². The number of halogens is 2. The highest BCUT2D eigenvalue weighted by Crippen LogP contribution is 2.33. The number of carbonyl (C=O) groups is 2. The summed E-state index contributed by atoms with van der Waals surface area (Å²) >= 11 is 13.2. The van der Waals surface area contributed by atoms with E-state index in [1.165, 1.54) is 0 Å². The number of thioether (sulfide) groups is 1. The molecule has 10 heteroatoms. The molecule has 1 atom stereocenters. The fourth-order valence-corrected chi connectivity index (χ4v) is 5.63. The van der Waals surface area contributed by atoms with E-state index >= 15 is 0 Å². The van der Waals surface area contributed by atoms with Crippen LogP contribution in [0.15, 0.2) is 23.1 Å². The summed E-state index contributed by atoms with van der Waals surface area (Å²) in [5.41, 5.74) is 4.58. The number of hydrogen-bond acceptors (Lipinski definition) is 5. The highest BCUT2D eigenvalue weighted by Gasteiger charge is 2.29. The summed E-state index contributed by atoms with van der Waals surface area (Å²) in [5, 5.41) is 0.901. The maximum Gasteiger partial charge on any atom is 0.248 e. The standard InChI is InChI=1S/C14H16Cl2N2O4S2/c15-10-2-1-3-11(16)14(10)23-7-13(20)18-17-12(19)6-9-4-5-24(21,22)8-9/h1-3,9H,4-8H2,(H,17,19)(H,18,20)/t9-/m0/s1. The predicted octanol–water partition coefficient (Wildman–Crippen LogP) is 2.06. The fraction of sp³-hybridized carbons (Fsp3) is 0.429. The Morgan fingerprint density at radius 3 is 2.38 bits per heavy atom. The van der Waals surface area contributed by atoms with Gasteiger partial charge in [0.2, 0.25) is 11.8 Å². The molecule has 0 spiro atoms. The van der Waals surface area contributed by atoms with E-state index in [1.807, 2.05) is 0 Å². The van der Waals surface area contributed by atoms with E-state index in [1.54, 1.807) is 18.2 Å². The topological polar surface area (TPSA) is 92.3 Å². The molecule has 1 heterocycles. The van der Waals surface area contributed by atoms with Crippen molar-refractivity contribution in [3.8, 4) is 0 Å². The number of carbonyl (C=O) groups excluding carboxylic acids is 2. The van der Waals surface area contributed by atoms with Gasteiger partial charge < -0.3 is 0 Å². The Kier molecular flexibility index (Phi) is 6.79. The van der Waals surface area contributed by atoms with Crippen molar-refractivity contribution in [3.05, 3.63) is 28.2 Å². The van der Waals surface area contributed by atoms with Gasteiger partial charge in [0, 0.05) is 11.3 Å². The molecular weight excluding hydrogens is 395 g/mol. The second-order valence-electron chi connectivity index (χ2n) is 5.41. The minimum absolute atomic E-state index is 0.0230. The zero-order valence-electron chi connectivity index (χ0n) is 12.6. The molecule has 2 amide bonds. The molecule has 132 valence electrons. The number of nitrogens with one attached hydrogen (secondary N) is 2. The van der Waals surface area contributed by atoms with Crippen LogP contribution in [0.5, 0.6) is 0 Å². The average Bonchev–Trinajstić information content (AvgIpc) is 2.83. The predicted molar refractivity (Wildman–Crippen MR) is 94.8 cm³/mol. The van der Waals surface area contributed by atoms with E-state index in [9.17, 15) is 18.0 Å². The number of amides is 2. The molecule has 2 rings (SSSR count). The average molecular weight is 411 g/mol. The highest BCUT2D eigenvalue weighted by molar-refractivity contribution is 8.00. The number of hydrogen-bond donors (Lipinski definition) is 2. The van der Waals surface area contributed by atoms with Crippen molar-refractivity contribution in [2.45, 2.75) is 17.7 Å². The van der Waals surface area contributed by atoms with Crippen LogP contribution in [0.25, 0.3) is 0 Å². The summed E-state index contributed by atoms with van der Waals surface area (Å²) in [6.45, 7) is 0. The third kappa shape index (κ3) is 5.84. The first-order valence-electron chi connectivity index (χ1n) is 7.12. The summed E-state index contributed by atoms with van der Waals surface area (Å²) in [5.74, 6) is -0.846. The van der Waals surface area contributed by atoms with Gasteiger partial charge in [-0.25, -0.2) is 8.42 Å². The number of sulfone groups is 1. The van der Waals surface area contributed by atoms with Gasteiger partial charge in [-0.1, -0.05) is 29.3 Å². The first kappa shape index (κ1) is 19.4. The quantitative estimate of drug-likeness (QED) is 0.572. The van der Waals surface area contributed by atoms with Crippen LogP contribution < -0.4 is 10.9 Å². The molecule has 1 aromatic carbocycles. The van der Waals surface area contributed by atoms with Crippen LogP contribution in [-0.4, -0.2) is 37.5 Å². The number of hydrazine groups is 1. The van der Waals surface area contributed by atoms with E-state index in [4.69, 9.17) is 23.2 Å². The molecule has 0 saturated carbocycles. The minimum atomic E-state index is -3.02. The molecule has 0 bridgehead atoms. The molecule has 24 heavy (non-hydrogen) atoms. The second-order valence-corrected chi connectivity index (χ2v) is 9.44. The Hall–Kier alpha value is -0.960. The van der Waals surface area contributed by atoms with Gasteiger partial charge in [-0.05, 0) is 24.5 Å². The van der Waals surface area contributed by atoms with E-state index in [0.717, 1.165) is 11.8 Å². The Morgan fingerprint density at radius 1 is 1.17 bits per heavy atom. The van der Waals surface area contributed by atoms with Gasteiger partial charge in [-0.3, -0.25) is 20.4 Å². The second kappa shape index (κ2) is 8.42. The van der Waals surface area contributed by atoms with Crippen LogP contribution in [0.2, 0.25) is 10.0 Å². The van der Waals surface area contributed by atoms with Crippen molar-refractivity contribution in [2.75, 3.05) is 17.3 Å². The van der Waals surface area contributed by atoms with E-state index in [-0.39, 0.29) is 29.6 Å². The normalized spacial score (nSPS) is 19.0. The largest absolute Gasteiger partial charge is 0.273 e. The van der Waals surface area contributed by atoms with E-state index in [2.05, 4.69) is 10.9 Å². The first-order chi connectivity index (χ1) is 11.3. The van der Waals surface area contributed by atoms with Gasteiger partial charge in [0.15, 0.2) is 9.84 Å². The number of benzene rings is 1. The van der Waals surface area contributed by atoms with Gasteiger partial charge in [0.1, 0.15) is 0 Å². The Labute approximate surface area is 154 Å². The van der Waals surface area contributed by atoms with Crippen LogP contribution in [0.1, 0.15) is 12.8 Å². The van der Waals surface area contributed by atoms with Crippen LogP contribution in [0.3, 0.4) is 0 Å². The smallest absolute Gasteiger partial charge is 0.248 e. The van der Waals surface area contributed by atoms with E-state index < -0.39 is 21.7 Å². The molecule has 6 nitrogen and oxygen atoms in total.